The third-order valence-electron chi connectivity index (χ3n) is 3.01. The maximum Gasteiger partial charge on any atom is 0.220 e. The molecule has 1 fully saturated rings. The molecule has 1 aliphatic rings. The van der Waals surface area contributed by atoms with Crippen molar-refractivity contribution in [2.45, 2.75) is 38.3 Å². The molecule has 104 valence electrons. The molecular formula is C14H18Br2N2O. The highest BCUT2D eigenvalue weighted by Crippen LogP contribution is 2.23. The van der Waals surface area contributed by atoms with Crippen LogP contribution < -0.4 is 10.6 Å². The van der Waals surface area contributed by atoms with Crippen molar-refractivity contribution in [3.05, 3.63) is 32.7 Å². The summed E-state index contributed by atoms with van der Waals surface area (Å²) in [5, 5.41) is 6.35. The monoisotopic (exact) mass is 388 g/mol. The van der Waals surface area contributed by atoms with Crippen molar-refractivity contribution in [1.29, 1.82) is 0 Å². The molecule has 0 spiro atoms. The molecule has 0 bridgehead atoms. The van der Waals surface area contributed by atoms with Crippen molar-refractivity contribution in [2.75, 3.05) is 6.54 Å². The molecular weight excluding hydrogens is 372 g/mol. The number of carbonyl (C=O) groups is 1. The Hall–Kier alpha value is -0.390. The Kier molecular flexibility index (Phi) is 5.85. The highest BCUT2D eigenvalue weighted by Gasteiger charge is 2.22. The summed E-state index contributed by atoms with van der Waals surface area (Å²) in [5.74, 6) is 0.190. The number of rotatable bonds is 7. The maximum atomic E-state index is 11.5. The van der Waals surface area contributed by atoms with Crippen LogP contribution in [-0.2, 0) is 11.3 Å². The number of hydrogen-bond donors (Lipinski definition) is 2. The Bertz CT molecular complexity index is 447. The molecule has 0 aromatic heterocycles. The van der Waals surface area contributed by atoms with Gasteiger partial charge >= 0.3 is 0 Å². The summed E-state index contributed by atoms with van der Waals surface area (Å²) in [7, 11) is 0. The fourth-order valence-electron chi connectivity index (χ4n) is 1.78. The summed E-state index contributed by atoms with van der Waals surface area (Å²) in [4.78, 5) is 11.5. The van der Waals surface area contributed by atoms with E-state index in [0.717, 1.165) is 41.3 Å². The van der Waals surface area contributed by atoms with E-state index < -0.39 is 0 Å². The summed E-state index contributed by atoms with van der Waals surface area (Å²) >= 11 is 6.94. The van der Waals surface area contributed by atoms with Crippen LogP contribution in [0.25, 0.3) is 0 Å². The summed E-state index contributed by atoms with van der Waals surface area (Å²) < 4.78 is 2.13. The van der Waals surface area contributed by atoms with Crippen LogP contribution in [0.1, 0.15) is 31.2 Å². The Morgan fingerprint density at radius 1 is 1.26 bits per heavy atom. The number of carbonyl (C=O) groups excluding carboxylic acids is 1. The van der Waals surface area contributed by atoms with Gasteiger partial charge in [-0.25, -0.2) is 0 Å². The molecule has 19 heavy (non-hydrogen) atoms. The van der Waals surface area contributed by atoms with E-state index in [1.165, 1.54) is 5.56 Å². The van der Waals surface area contributed by atoms with Gasteiger partial charge in [-0.3, -0.25) is 4.79 Å². The largest absolute Gasteiger partial charge is 0.353 e. The maximum absolute atomic E-state index is 11.5. The SMILES string of the molecule is O=C(CCCNCc1ccc(Br)c(Br)c1)NC1CC1. The minimum atomic E-state index is 0.190. The molecule has 1 aromatic carbocycles. The highest BCUT2D eigenvalue weighted by atomic mass is 79.9. The topological polar surface area (TPSA) is 41.1 Å². The number of benzene rings is 1. The minimum absolute atomic E-state index is 0.190. The molecule has 0 aliphatic heterocycles. The lowest BCUT2D eigenvalue weighted by Gasteiger charge is -2.06. The molecule has 2 rings (SSSR count). The van der Waals surface area contributed by atoms with E-state index in [0.29, 0.717) is 12.5 Å². The van der Waals surface area contributed by atoms with Crippen molar-refractivity contribution < 1.29 is 4.79 Å². The molecule has 0 atom stereocenters. The lowest BCUT2D eigenvalue weighted by Crippen LogP contribution is -2.26. The molecule has 1 aromatic rings. The van der Waals surface area contributed by atoms with E-state index in [1.807, 2.05) is 6.07 Å². The Labute approximate surface area is 130 Å². The molecule has 0 radical (unpaired) electrons. The molecule has 1 aliphatic carbocycles. The van der Waals surface area contributed by atoms with Crippen molar-refractivity contribution >= 4 is 37.8 Å². The average molecular weight is 390 g/mol. The number of nitrogens with one attached hydrogen (secondary N) is 2. The normalized spacial score (nSPS) is 14.4. The third-order valence-corrected chi connectivity index (χ3v) is 4.89. The lowest BCUT2D eigenvalue weighted by atomic mass is 10.2. The van der Waals surface area contributed by atoms with E-state index in [2.05, 4.69) is 54.6 Å². The van der Waals surface area contributed by atoms with Gasteiger partial charge in [0.25, 0.3) is 0 Å². The first-order chi connectivity index (χ1) is 9.15. The lowest BCUT2D eigenvalue weighted by molar-refractivity contribution is -0.121. The van der Waals surface area contributed by atoms with Crippen molar-refractivity contribution in [3.63, 3.8) is 0 Å². The Morgan fingerprint density at radius 2 is 2.05 bits per heavy atom. The number of amides is 1. The van der Waals surface area contributed by atoms with E-state index >= 15 is 0 Å². The molecule has 3 nitrogen and oxygen atoms in total. The average Bonchev–Trinajstić information content (AvgIpc) is 3.17. The van der Waals surface area contributed by atoms with Crippen LogP contribution in [0.15, 0.2) is 27.1 Å². The van der Waals surface area contributed by atoms with Gasteiger partial charge in [0.2, 0.25) is 5.91 Å². The summed E-state index contributed by atoms with van der Waals surface area (Å²) in [5.41, 5.74) is 1.23. The van der Waals surface area contributed by atoms with Gasteiger partial charge in [0.1, 0.15) is 0 Å². The minimum Gasteiger partial charge on any atom is -0.353 e. The quantitative estimate of drug-likeness (QED) is 0.702. The molecule has 5 heteroatoms. The van der Waals surface area contributed by atoms with E-state index in [9.17, 15) is 4.79 Å². The van der Waals surface area contributed by atoms with Crippen molar-refractivity contribution in [3.8, 4) is 0 Å². The summed E-state index contributed by atoms with van der Waals surface area (Å²) in [6.45, 7) is 1.70. The van der Waals surface area contributed by atoms with Crippen molar-refractivity contribution in [2.24, 2.45) is 0 Å². The van der Waals surface area contributed by atoms with Crippen LogP contribution in [0.2, 0.25) is 0 Å². The van der Waals surface area contributed by atoms with Crippen LogP contribution in [0.3, 0.4) is 0 Å². The van der Waals surface area contributed by atoms with Crippen LogP contribution in [-0.4, -0.2) is 18.5 Å². The second kappa shape index (κ2) is 7.41. The second-order valence-corrected chi connectivity index (χ2v) is 6.58. The summed E-state index contributed by atoms with van der Waals surface area (Å²) in [6, 6.07) is 6.68. The van der Waals surface area contributed by atoms with Gasteiger partial charge in [-0.2, -0.15) is 0 Å². The first-order valence-electron chi connectivity index (χ1n) is 6.59. The van der Waals surface area contributed by atoms with Crippen molar-refractivity contribution in [1.82, 2.24) is 10.6 Å². The van der Waals surface area contributed by atoms with Crippen LogP contribution in [0, 0.1) is 0 Å². The van der Waals surface area contributed by atoms with Gasteiger partial charge in [-0.1, -0.05) is 6.07 Å². The van der Waals surface area contributed by atoms with Gasteiger partial charge in [0.15, 0.2) is 0 Å². The molecule has 2 N–H and O–H groups in total. The second-order valence-electron chi connectivity index (χ2n) is 4.87. The fourth-order valence-corrected chi connectivity index (χ4v) is 2.46. The number of hydrogen-bond acceptors (Lipinski definition) is 2. The molecule has 1 saturated carbocycles. The zero-order chi connectivity index (χ0) is 13.7. The zero-order valence-corrected chi connectivity index (χ0v) is 13.9. The first-order valence-corrected chi connectivity index (χ1v) is 8.18. The fraction of sp³-hybridized carbons (Fsp3) is 0.500. The molecule has 0 unspecified atom stereocenters. The third kappa shape index (κ3) is 5.63. The van der Waals surface area contributed by atoms with Crippen LogP contribution in [0.4, 0.5) is 0 Å². The molecule has 0 heterocycles. The highest BCUT2D eigenvalue weighted by molar-refractivity contribution is 9.13. The van der Waals surface area contributed by atoms with Crippen LogP contribution in [0.5, 0.6) is 0 Å². The molecule has 1 amide bonds. The Morgan fingerprint density at radius 3 is 2.74 bits per heavy atom. The summed E-state index contributed by atoms with van der Waals surface area (Å²) in [6.07, 6.45) is 3.81. The standard InChI is InChI=1S/C14H18Br2N2O/c15-12-6-3-10(8-13(12)16)9-17-7-1-2-14(19)18-11-4-5-11/h3,6,8,11,17H,1-2,4-5,7,9H2,(H,18,19). The van der Waals surface area contributed by atoms with Gasteiger partial charge in [-0.05, 0) is 75.4 Å². The predicted molar refractivity (Wildman–Crippen MR) is 83.9 cm³/mol. The first kappa shape index (κ1) is 15.0. The van der Waals surface area contributed by atoms with Crippen LogP contribution >= 0.6 is 31.9 Å². The van der Waals surface area contributed by atoms with Gasteiger partial charge < -0.3 is 10.6 Å². The molecule has 0 saturated heterocycles. The smallest absolute Gasteiger partial charge is 0.220 e. The van der Waals surface area contributed by atoms with Gasteiger partial charge in [-0.15, -0.1) is 0 Å². The van der Waals surface area contributed by atoms with E-state index in [4.69, 9.17) is 0 Å². The van der Waals surface area contributed by atoms with Gasteiger partial charge in [0, 0.05) is 28.0 Å². The predicted octanol–water partition coefficient (Wildman–Crippen LogP) is 3.36. The van der Waals surface area contributed by atoms with E-state index in [-0.39, 0.29) is 5.91 Å². The van der Waals surface area contributed by atoms with E-state index in [1.54, 1.807) is 0 Å². The van der Waals surface area contributed by atoms with Gasteiger partial charge in [0.05, 0.1) is 0 Å². The Balaban J connectivity index is 1.58. The zero-order valence-electron chi connectivity index (χ0n) is 10.7. The number of halogens is 2.